The maximum Gasteiger partial charge on any atom is 0.451 e. The average molecular weight is 309 g/mol. The Kier molecular flexibility index (Phi) is 4.78. The summed E-state index contributed by atoms with van der Waals surface area (Å²) < 4.78 is 37.4. The van der Waals surface area contributed by atoms with Crippen LogP contribution in [0.3, 0.4) is 0 Å². The van der Waals surface area contributed by atoms with Crippen LogP contribution in [0.2, 0.25) is 0 Å². The predicted molar refractivity (Wildman–Crippen MR) is 77.5 cm³/mol. The van der Waals surface area contributed by atoms with E-state index < -0.39 is 12.0 Å². The van der Waals surface area contributed by atoms with Crippen molar-refractivity contribution in [2.24, 2.45) is 0 Å². The maximum absolute atomic E-state index is 12.5. The fourth-order valence-corrected chi connectivity index (χ4v) is 2.14. The van der Waals surface area contributed by atoms with Gasteiger partial charge in [-0.15, -0.1) is 0 Å². The standard InChI is InChI=1S/C16H18F3N3/c1-10(2)12-4-5-20-14(7-12)6-11(3)13-8-21-15(22-9-13)16(17,18)19/h4-5,7-11H,6H2,1-3H3. The van der Waals surface area contributed by atoms with Crippen molar-refractivity contribution in [2.45, 2.75) is 45.2 Å². The molecule has 2 rings (SSSR count). The molecule has 0 spiro atoms. The Labute approximate surface area is 127 Å². The molecule has 0 amide bonds. The lowest BCUT2D eigenvalue weighted by Crippen LogP contribution is -2.12. The number of hydrogen-bond acceptors (Lipinski definition) is 3. The number of hydrogen-bond donors (Lipinski definition) is 0. The molecule has 0 fully saturated rings. The first-order valence-corrected chi connectivity index (χ1v) is 7.11. The first-order chi connectivity index (χ1) is 10.3. The Morgan fingerprint density at radius 1 is 1.00 bits per heavy atom. The largest absolute Gasteiger partial charge is 0.451 e. The zero-order chi connectivity index (χ0) is 16.3. The van der Waals surface area contributed by atoms with Gasteiger partial charge in [-0.3, -0.25) is 4.98 Å². The Balaban J connectivity index is 2.12. The summed E-state index contributed by atoms with van der Waals surface area (Å²) in [5.41, 5.74) is 2.78. The van der Waals surface area contributed by atoms with E-state index in [2.05, 4.69) is 28.8 Å². The molecular formula is C16H18F3N3. The summed E-state index contributed by atoms with van der Waals surface area (Å²) in [6.07, 6.45) is 0.379. The van der Waals surface area contributed by atoms with Crippen molar-refractivity contribution in [3.63, 3.8) is 0 Å². The van der Waals surface area contributed by atoms with Crippen molar-refractivity contribution in [3.8, 4) is 0 Å². The van der Waals surface area contributed by atoms with E-state index in [-0.39, 0.29) is 5.92 Å². The maximum atomic E-state index is 12.5. The molecule has 0 aliphatic carbocycles. The number of alkyl halides is 3. The Hall–Kier alpha value is -1.98. The zero-order valence-electron chi connectivity index (χ0n) is 12.7. The van der Waals surface area contributed by atoms with Gasteiger partial charge in [0.1, 0.15) is 0 Å². The van der Waals surface area contributed by atoms with Gasteiger partial charge in [0, 0.05) is 24.3 Å². The van der Waals surface area contributed by atoms with Crippen LogP contribution in [0.1, 0.15) is 55.3 Å². The summed E-state index contributed by atoms with van der Waals surface area (Å²) in [4.78, 5) is 11.1. The van der Waals surface area contributed by atoms with E-state index in [1.165, 1.54) is 18.0 Å². The van der Waals surface area contributed by atoms with Crippen LogP contribution in [0.5, 0.6) is 0 Å². The second-order valence-electron chi connectivity index (χ2n) is 5.68. The van der Waals surface area contributed by atoms with Gasteiger partial charge in [0.05, 0.1) is 0 Å². The summed E-state index contributed by atoms with van der Waals surface area (Å²) in [6.45, 7) is 6.13. The van der Waals surface area contributed by atoms with Gasteiger partial charge in [0.25, 0.3) is 0 Å². The minimum Gasteiger partial charge on any atom is -0.261 e. The quantitative estimate of drug-likeness (QED) is 0.842. The Morgan fingerprint density at radius 3 is 2.18 bits per heavy atom. The summed E-state index contributed by atoms with van der Waals surface area (Å²) in [6, 6.07) is 4.01. The number of pyridine rings is 1. The van der Waals surface area contributed by atoms with Gasteiger partial charge in [-0.1, -0.05) is 20.8 Å². The molecule has 22 heavy (non-hydrogen) atoms. The van der Waals surface area contributed by atoms with Crippen molar-refractivity contribution in [3.05, 3.63) is 53.4 Å². The van der Waals surface area contributed by atoms with Crippen LogP contribution in [0.25, 0.3) is 0 Å². The van der Waals surface area contributed by atoms with Crippen LogP contribution >= 0.6 is 0 Å². The zero-order valence-corrected chi connectivity index (χ0v) is 12.7. The molecule has 2 aromatic heterocycles. The fraction of sp³-hybridized carbons (Fsp3) is 0.438. The molecule has 2 heterocycles. The van der Waals surface area contributed by atoms with Crippen LogP contribution in [-0.2, 0) is 12.6 Å². The van der Waals surface area contributed by atoms with Crippen molar-refractivity contribution >= 4 is 0 Å². The molecule has 0 bridgehead atoms. The third-order valence-electron chi connectivity index (χ3n) is 3.52. The lowest BCUT2D eigenvalue weighted by molar-refractivity contribution is -0.145. The molecule has 2 aromatic rings. The highest BCUT2D eigenvalue weighted by Gasteiger charge is 2.34. The highest BCUT2D eigenvalue weighted by atomic mass is 19.4. The molecular weight excluding hydrogens is 291 g/mol. The van der Waals surface area contributed by atoms with Crippen LogP contribution in [0.15, 0.2) is 30.7 Å². The summed E-state index contributed by atoms with van der Waals surface area (Å²) in [5, 5.41) is 0. The van der Waals surface area contributed by atoms with Gasteiger partial charge in [0.15, 0.2) is 0 Å². The van der Waals surface area contributed by atoms with E-state index in [0.717, 1.165) is 5.69 Å². The molecule has 3 nitrogen and oxygen atoms in total. The highest BCUT2D eigenvalue weighted by molar-refractivity contribution is 5.22. The molecule has 0 aliphatic rings. The van der Waals surface area contributed by atoms with Gasteiger partial charge in [-0.2, -0.15) is 13.2 Å². The minimum atomic E-state index is -4.51. The highest BCUT2D eigenvalue weighted by Crippen LogP contribution is 2.27. The van der Waals surface area contributed by atoms with E-state index in [0.29, 0.717) is 17.9 Å². The second kappa shape index (κ2) is 6.42. The SMILES string of the molecule is CC(C)c1ccnc(CC(C)c2cnc(C(F)(F)F)nc2)c1. The van der Waals surface area contributed by atoms with E-state index in [1.54, 1.807) is 6.20 Å². The smallest absolute Gasteiger partial charge is 0.261 e. The second-order valence-corrected chi connectivity index (χ2v) is 5.68. The molecule has 1 unspecified atom stereocenters. The first kappa shape index (κ1) is 16.4. The lowest BCUT2D eigenvalue weighted by Gasteiger charge is -2.13. The molecule has 0 saturated carbocycles. The van der Waals surface area contributed by atoms with Gasteiger partial charge < -0.3 is 0 Å². The van der Waals surface area contributed by atoms with E-state index in [1.807, 2.05) is 19.1 Å². The van der Waals surface area contributed by atoms with Gasteiger partial charge in [0.2, 0.25) is 5.82 Å². The average Bonchev–Trinajstić information content (AvgIpc) is 2.46. The van der Waals surface area contributed by atoms with E-state index >= 15 is 0 Å². The molecule has 0 aromatic carbocycles. The number of nitrogens with zero attached hydrogens (tertiary/aromatic N) is 3. The minimum absolute atomic E-state index is 0.00260. The van der Waals surface area contributed by atoms with E-state index in [9.17, 15) is 13.2 Å². The third-order valence-corrected chi connectivity index (χ3v) is 3.52. The molecule has 0 N–H and O–H groups in total. The number of halogens is 3. The Morgan fingerprint density at radius 2 is 1.64 bits per heavy atom. The Bertz CT molecular complexity index is 621. The molecule has 6 heteroatoms. The molecule has 118 valence electrons. The normalized spacial score (nSPS) is 13.4. The molecule has 1 atom stereocenters. The van der Waals surface area contributed by atoms with Crippen molar-refractivity contribution in [1.82, 2.24) is 15.0 Å². The van der Waals surface area contributed by atoms with E-state index in [4.69, 9.17) is 0 Å². The monoisotopic (exact) mass is 309 g/mol. The van der Waals surface area contributed by atoms with Crippen LogP contribution in [0, 0.1) is 0 Å². The number of aromatic nitrogens is 3. The van der Waals surface area contributed by atoms with Crippen molar-refractivity contribution in [1.29, 1.82) is 0 Å². The van der Waals surface area contributed by atoms with Crippen LogP contribution in [0.4, 0.5) is 13.2 Å². The summed E-state index contributed by atoms with van der Waals surface area (Å²) in [7, 11) is 0. The molecule has 0 radical (unpaired) electrons. The van der Waals surface area contributed by atoms with Crippen LogP contribution < -0.4 is 0 Å². The molecule has 0 aliphatic heterocycles. The van der Waals surface area contributed by atoms with Crippen LogP contribution in [-0.4, -0.2) is 15.0 Å². The summed E-state index contributed by atoms with van der Waals surface area (Å²) >= 11 is 0. The fourth-order valence-electron chi connectivity index (χ4n) is 2.14. The van der Waals surface area contributed by atoms with Crippen molar-refractivity contribution in [2.75, 3.05) is 0 Å². The van der Waals surface area contributed by atoms with Gasteiger partial charge >= 0.3 is 6.18 Å². The molecule has 0 saturated heterocycles. The van der Waals surface area contributed by atoms with Gasteiger partial charge in [-0.25, -0.2) is 9.97 Å². The summed E-state index contributed by atoms with van der Waals surface area (Å²) in [5.74, 6) is -0.702. The predicted octanol–water partition coefficient (Wildman–Crippen LogP) is 4.36. The topological polar surface area (TPSA) is 38.7 Å². The van der Waals surface area contributed by atoms with Gasteiger partial charge in [-0.05, 0) is 41.5 Å². The van der Waals surface area contributed by atoms with Crippen molar-refractivity contribution < 1.29 is 13.2 Å². The lowest BCUT2D eigenvalue weighted by atomic mass is 9.96. The first-order valence-electron chi connectivity index (χ1n) is 7.11. The number of rotatable bonds is 4. The third kappa shape index (κ3) is 4.02.